The van der Waals surface area contributed by atoms with Gasteiger partial charge in [-0.25, -0.2) is 0 Å². The lowest BCUT2D eigenvalue weighted by Crippen LogP contribution is -2.32. The average Bonchev–Trinajstić information content (AvgIpc) is 3.34. The summed E-state index contributed by atoms with van der Waals surface area (Å²) in [4.78, 5) is 8.40. The molecule has 1 N–H and O–H groups in total. The van der Waals surface area contributed by atoms with Gasteiger partial charge in [0.15, 0.2) is 0 Å². The molecule has 1 unspecified atom stereocenters. The number of aromatic nitrogens is 1. The summed E-state index contributed by atoms with van der Waals surface area (Å²) in [5.74, 6) is 1.59. The summed E-state index contributed by atoms with van der Waals surface area (Å²) in [5.41, 5.74) is 2.52. The van der Waals surface area contributed by atoms with Crippen LogP contribution in [0.2, 0.25) is 0 Å². The van der Waals surface area contributed by atoms with E-state index in [9.17, 15) is 0 Å². The summed E-state index contributed by atoms with van der Waals surface area (Å²) in [6.45, 7) is 4.08. The molecule has 3 heterocycles. The molecule has 0 spiro atoms. The molecule has 1 saturated heterocycles. The van der Waals surface area contributed by atoms with Gasteiger partial charge in [-0.2, -0.15) is 0 Å². The van der Waals surface area contributed by atoms with Crippen molar-refractivity contribution in [3.8, 4) is 5.75 Å². The molecular formula is C25H31N3OS. The summed E-state index contributed by atoms with van der Waals surface area (Å²) < 4.78 is 6.56. The quantitative estimate of drug-likeness (QED) is 0.512. The van der Waals surface area contributed by atoms with Crippen LogP contribution in [0, 0.1) is 0 Å². The first-order chi connectivity index (χ1) is 14.8. The monoisotopic (exact) mass is 421 g/mol. The minimum Gasteiger partial charge on any atom is -0.485 e. The van der Waals surface area contributed by atoms with Gasteiger partial charge < -0.3 is 10.1 Å². The second-order valence-corrected chi connectivity index (χ2v) is 8.91. The van der Waals surface area contributed by atoms with E-state index in [2.05, 4.69) is 69.1 Å². The van der Waals surface area contributed by atoms with Crippen molar-refractivity contribution < 1.29 is 4.74 Å². The van der Waals surface area contributed by atoms with E-state index in [1.807, 2.05) is 19.3 Å². The first-order valence-electron chi connectivity index (χ1n) is 10.9. The van der Waals surface area contributed by atoms with Gasteiger partial charge in [-0.1, -0.05) is 30.3 Å². The van der Waals surface area contributed by atoms with Crippen LogP contribution in [0.3, 0.4) is 0 Å². The topological polar surface area (TPSA) is 37.4 Å². The maximum Gasteiger partial charge on any atom is 0.134 e. The lowest BCUT2D eigenvalue weighted by molar-refractivity contribution is 0.180. The minimum absolute atomic E-state index is 0.0912. The summed E-state index contributed by atoms with van der Waals surface area (Å²) in [6, 6.07) is 19.1. The van der Waals surface area contributed by atoms with E-state index in [1.54, 1.807) is 11.3 Å². The fourth-order valence-corrected chi connectivity index (χ4v) is 4.95. The predicted molar refractivity (Wildman–Crippen MR) is 124 cm³/mol. The summed E-state index contributed by atoms with van der Waals surface area (Å²) >= 11 is 1.77. The van der Waals surface area contributed by atoms with Crippen molar-refractivity contribution in [1.29, 1.82) is 0 Å². The molecular weight excluding hydrogens is 390 g/mol. The molecule has 0 bridgehead atoms. The molecule has 5 heteroatoms. The van der Waals surface area contributed by atoms with Crippen molar-refractivity contribution >= 4 is 11.3 Å². The smallest absolute Gasteiger partial charge is 0.134 e. The molecule has 158 valence electrons. The van der Waals surface area contributed by atoms with Crippen LogP contribution in [0.5, 0.6) is 5.75 Å². The van der Waals surface area contributed by atoms with Crippen molar-refractivity contribution in [2.24, 2.45) is 0 Å². The van der Waals surface area contributed by atoms with Crippen molar-refractivity contribution in [2.45, 2.75) is 37.8 Å². The Hall–Kier alpha value is -2.21. The highest BCUT2D eigenvalue weighted by molar-refractivity contribution is 7.10. The fourth-order valence-electron chi connectivity index (χ4n) is 4.16. The molecule has 1 aliphatic heterocycles. The Bertz CT molecular complexity index is 876. The molecule has 30 heavy (non-hydrogen) atoms. The van der Waals surface area contributed by atoms with Crippen LogP contribution in [-0.2, 0) is 6.54 Å². The Morgan fingerprint density at radius 2 is 1.93 bits per heavy atom. The van der Waals surface area contributed by atoms with E-state index in [0.717, 1.165) is 38.3 Å². The number of hydrogen-bond acceptors (Lipinski definition) is 5. The van der Waals surface area contributed by atoms with E-state index >= 15 is 0 Å². The van der Waals surface area contributed by atoms with Gasteiger partial charge in [0.05, 0.1) is 0 Å². The number of likely N-dealkylation sites (tertiary alicyclic amines) is 1. The number of nitrogens with one attached hydrogen (secondary N) is 1. The maximum atomic E-state index is 6.56. The first-order valence-corrected chi connectivity index (χ1v) is 11.8. The number of thiophene rings is 1. The van der Waals surface area contributed by atoms with Crippen molar-refractivity contribution in [3.05, 3.63) is 82.3 Å². The van der Waals surface area contributed by atoms with Crippen LogP contribution >= 0.6 is 11.3 Å². The molecule has 1 fully saturated rings. The van der Waals surface area contributed by atoms with E-state index < -0.39 is 0 Å². The SMILES string of the molecule is CNCCC(Oc1ccccc1CN1CCC(c2ccccn2)CC1)c1cccs1. The molecule has 1 aliphatic rings. The van der Waals surface area contributed by atoms with E-state index in [0.29, 0.717) is 5.92 Å². The molecule has 0 amide bonds. The lowest BCUT2D eigenvalue weighted by atomic mass is 9.93. The third kappa shape index (κ3) is 5.48. The zero-order valence-electron chi connectivity index (χ0n) is 17.7. The van der Waals surface area contributed by atoms with Crippen LogP contribution in [0.4, 0.5) is 0 Å². The highest BCUT2D eigenvalue weighted by Gasteiger charge is 2.23. The Morgan fingerprint density at radius 3 is 2.67 bits per heavy atom. The predicted octanol–water partition coefficient (Wildman–Crippen LogP) is 5.25. The number of pyridine rings is 1. The zero-order chi connectivity index (χ0) is 20.6. The lowest BCUT2D eigenvalue weighted by Gasteiger charge is -2.32. The largest absolute Gasteiger partial charge is 0.485 e. The number of piperidine rings is 1. The Morgan fingerprint density at radius 1 is 1.10 bits per heavy atom. The van der Waals surface area contributed by atoms with E-state index in [1.165, 1.54) is 29.0 Å². The summed E-state index contributed by atoms with van der Waals surface area (Å²) in [5, 5.41) is 5.38. The maximum absolute atomic E-state index is 6.56. The standard InChI is InChI=1S/C25H31N3OS/c1-26-15-11-24(25-10-6-18-30-25)29-23-9-3-2-7-21(23)19-28-16-12-20(13-17-28)22-8-4-5-14-27-22/h2-10,14,18,20,24,26H,11-13,15-17,19H2,1H3. The van der Waals surface area contributed by atoms with Gasteiger partial charge in [0, 0.05) is 41.2 Å². The van der Waals surface area contributed by atoms with Crippen LogP contribution in [-0.4, -0.2) is 36.6 Å². The number of benzene rings is 1. The molecule has 4 nitrogen and oxygen atoms in total. The van der Waals surface area contributed by atoms with Gasteiger partial charge in [-0.3, -0.25) is 9.88 Å². The highest BCUT2D eigenvalue weighted by atomic mass is 32.1. The Balaban J connectivity index is 1.40. The molecule has 2 aromatic heterocycles. The third-order valence-electron chi connectivity index (χ3n) is 5.85. The number of hydrogen-bond donors (Lipinski definition) is 1. The second kappa shape index (κ2) is 10.7. The first kappa shape index (κ1) is 21.0. The van der Waals surface area contributed by atoms with Gasteiger partial charge >= 0.3 is 0 Å². The number of para-hydroxylation sites is 1. The molecule has 4 rings (SSSR count). The van der Waals surface area contributed by atoms with E-state index in [-0.39, 0.29) is 6.10 Å². The Kier molecular flexibility index (Phi) is 7.51. The summed E-state index contributed by atoms with van der Waals surface area (Å²) in [6.07, 6.45) is 5.29. The van der Waals surface area contributed by atoms with Crippen LogP contribution in [0.25, 0.3) is 0 Å². The fraction of sp³-hybridized carbons (Fsp3) is 0.400. The van der Waals surface area contributed by atoms with Crippen molar-refractivity contribution in [2.75, 3.05) is 26.7 Å². The van der Waals surface area contributed by atoms with Gasteiger partial charge in [-0.05, 0) is 69.2 Å². The minimum atomic E-state index is 0.0912. The van der Waals surface area contributed by atoms with Gasteiger partial charge in [-0.15, -0.1) is 11.3 Å². The molecule has 1 atom stereocenters. The van der Waals surface area contributed by atoms with Gasteiger partial charge in [0.1, 0.15) is 11.9 Å². The summed E-state index contributed by atoms with van der Waals surface area (Å²) in [7, 11) is 1.99. The van der Waals surface area contributed by atoms with Crippen LogP contribution in [0.15, 0.2) is 66.2 Å². The average molecular weight is 422 g/mol. The molecule has 0 radical (unpaired) electrons. The third-order valence-corrected chi connectivity index (χ3v) is 6.81. The van der Waals surface area contributed by atoms with Crippen LogP contribution < -0.4 is 10.1 Å². The van der Waals surface area contributed by atoms with Gasteiger partial charge in [0.25, 0.3) is 0 Å². The zero-order valence-corrected chi connectivity index (χ0v) is 18.5. The number of ether oxygens (including phenoxy) is 1. The van der Waals surface area contributed by atoms with Gasteiger partial charge in [0.2, 0.25) is 0 Å². The number of rotatable bonds is 9. The number of nitrogens with zero attached hydrogens (tertiary/aromatic N) is 2. The van der Waals surface area contributed by atoms with E-state index in [4.69, 9.17) is 4.74 Å². The van der Waals surface area contributed by atoms with Crippen molar-refractivity contribution in [3.63, 3.8) is 0 Å². The van der Waals surface area contributed by atoms with Crippen LogP contribution in [0.1, 0.15) is 47.4 Å². The van der Waals surface area contributed by atoms with Crippen molar-refractivity contribution in [1.82, 2.24) is 15.2 Å². The second-order valence-electron chi connectivity index (χ2n) is 7.93. The highest BCUT2D eigenvalue weighted by Crippen LogP contribution is 2.32. The molecule has 1 aromatic carbocycles. The Labute approximate surface area is 183 Å². The molecule has 0 saturated carbocycles. The molecule has 3 aromatic rings. The molecule has 0 aliphatic carbocycles. The normalized spacial score (nSPS) is 16.4.